The molecule has 1 aromatic carbocycles. The maximum atomic E-state index is 12.9. The molecule has 0 amide bonds. The van der Waals surface area contributed by atoms with Gasteiger partial charge in [0.2, 0.25) is 0 Å². The van der Waals surface area contributed by atoms with Gasteiger partial charge in [-0.1, -0.05) is 28.3 Å². The number of halogens is 5. The van der Waals surface area contributed by atoms with E-state index in [4.69, 9.17) is 0 Å². The quantitative estimate of drug-likeness (QED) is 0.551. The van der Waals surface area contributed by atoms with Crippen molar-refractivity contribution in [2.75, 3.05) is 0 Å². The Balaban J connectivity index is 0.00000169. The van der Waals surface area contributed by atoms with Crippen molar-refractivity contribution in [3.8, 4) is 0 Å². The summed E-state index contributed by atoms with van der Waals surface area (Å²) in [6.07, 6.45) is -1.19. The van der Waals surface area contributed by atoms with Crippen LogP contribution in [0.1, 0.15) is 5.56 Å². The normalized spacial score (nSPS) is 10.9. The first-order chi connectivity index (χ1) is 5.90. The van der Waals surface area contributed by atoms with E-state index in [1.807, 2.05) is 0 Å². The van der Waals surface area contributed by atoms with E-state index in [2.05, 4.69) is 15.9 Å². The summed E-state index contributed by atoms with van der Waals surface area (Å²) in [5, 5.41) is 0. The molecular formula is C7H5BBrF4K. The largest absolute Gasteiger partial charge is 1.00 e. The second-order valence-electron chi connectivity index (χ2n) is 2.61. The molecule has 72 valence electrons. The maximum Gasteiger partial charge on any atom is 1.00 e. The molecule has 0 spiro atoms. The monoisotopic (exact) mass is 294 g/mol. The molecular weight excluding hydrogens is 290 g/mol. The van der Waals surface area contributed by atoms with Crippen LogP contribution in [0.2, 0.25) is 0 Å². The second-order valence-corrected chi connectivity index (χ2v) is 3.47. The minimum atomic E-state index is -4.99. The van der Waals surface area contributed by atoms with E-state index < -0.39 is 19.1 Å². The van der Waals surface area contributed by atoms with Crippen LogP contribution in [0.5, 0.6) is 0 Å². The fourth-order valence-corrected chi connectivity index (χ4v) is 1.46. The molecule has 1 rings (SSSR count). The number of hydrogen-bond acceptors (Lipinski definition) is 0. The smallest absolute Gasteiger partial charge is 0.449 e. The van der Waals surface area contributed by atoms with Gasteiger partial charge in [-0.15, -0.1) is 0 Å². The fraction of sp³-hybridized carbons (Fsp3) is 0.143. The van der Waals surface area contributed by atoms with Crippen molar-refractivity contribution in [2.24, 2.45) is 0 Å². The van der Waals surface area contributed by atoms with Gasteiger partial charge < -0.3 is 12.9 Å². The minimum absolute atomic E-state index is 0. The standard InChI is InChI=1S/C7H5BBrF4.K/c9-6-2-1-3-7(10)5(6)4-8(11,12)13;/h1-3H,4H2;/q-1;+1. The summed E-state index contributed by atoms with van der Waals surface area (Å²) in [7, 11) is 0. The molecule has 0 aliphatic heterocycles. The third-order valence-corrected chi connectivity index (χ3v) is 2.24. The number of hydrogen-bond donors (Lipinski definition) is 0. The number of benzene rings is 1. The zero-order chi connectivity index (χ0) is 10.1. The molecule has 0 atom stereocenters. The molecule has 0 nitrogen and oxygen atoms in total. The van der Waals surface area contributed by atoms with E-state index in [0.29, 0.717) is 0 Å². The molecule has 14 heavy (non-hydrogen) atoms. The first-order valence-corrected chi connectivity index (χ1v) is 4.33. The van der Waals surface area contributed by atoms with E-state index in [1.54, 1.807) is 0 Å². The molecule has 0 aromatic heterocycles. The van der Waals surface area contributed by atoms with Gasteiger partial charge in [0, 0.05) is 4.47 Å². The van der Waals surface area contributed by atoms with Crippen LogP contribution in [0.3, 0.4) is 0 Å². The molecule has 0 saturated carbocycles. The van der Waals surface area contributed by atoms with E-state index in [-0.39, 0.29) is 61.4 Å². The number of rotatable bonds is 2. The van der Waals surface area contributed by atoms with Gasteiger partial charge in [0.1, 0.15) is 5.82 Å². The Morgan fingerprint density at radius 3 is 2.21 bits per heavy atom. The van der Waals surface area contributed by atoms with Gasteiger partial charge in [-0.3, -0.25) is 0 Å². The van der Waals surface area contributed by atoms with Gasteiger partial charge in [-0.05, 0) is 17.7 Å². The van der Waals surface area contributed by atoms with Gasteiger partial charge in [-0.2, -0.15) is 0 Å². The summed E-state index contributed by atoms with van der Waals surface area (Å²) in [6.45, 7) is -4.99. The molecule has 1 aromatic rings. The Hall–Kier alpha value is 1.12. The van der Waals surface area contributed by atoms with Crippen molar-refractivity contribution in [3.05, 3.63) is 34.1 Å². The zero-order valence-electron chi connectivity index (χ0n) is 7.41. The average molecular weight is 295 g/mol. The Bertz CT molecular complexity index is 295. The van der Waals surface area contributed by atoms with Crippen LogP contribution in [0.25, 0.3) is 0 Å². The Kier molecular flexibility index (Phi) is 6.49. The first kappa shape index (κ1) is 15.1. The summed E-state index contributed by atoms with van der Waals surface area (Å²) in [5.74, 6) is -0.825. The van der Waals surface area contributed by atoms with Gasteiger partial charge in [0.25, 0.3) is 0 Å². The minimum Gasteiger partial charge on any atom is -0.449 e. The second kappa shape index (κ2) is 6.01. The van der Waals surface area contributed by atoms with Crippen molar-refractivity contribution >= 4 is 22.9 Å². The summed E-state index contributed by atoms with van der Waals surface area (Å²) < 4.78 is 48.9. The van der Waals surface area contributed by atoms with E-state index in [9.17, 15) is 17.3 Å². The molecule has 0 aliphatic carbocycles. The van der Waals surface area contributed by atoms with Crippen molar-refractivity contribution in [2.45, 2.75) is 6.32 Å². The van der Waals surface area contributed by atoms with Crippen molar-refractivity contribution in [3.63, 3.8) is 0 Å². The van der Waals surface area contributed by atoms with Crippen molar-refractivity contribution in [1.82, 2.24) is 0 Å². The van der Waals surface area contributed by atoms with Crippen LogP contribution in [-0.2, 0) is 6.32 Å². The molecule has 0 radical (unpaired) electrons. The topological polar surface area (TPSA) is 0 Å². The van der Waals surface area contributed by atoms with Crippen LogP contribution in [0.4, 0.5) is 17.3 Å². The summed E-state index contributed by atoms with van der Waals surface area (Å²) >= 11 is 2.87. The molecule has 0 unspecified atom stereocenters. The summed E-state index contributed by atoms with van der Waals surface area (Å²) in [5.41, 5.74) is -0.324. The summed E-state index contributed by atoms with van der Waals surface area (Å²) in [6, 6.07) is 3.76. The molecule has 0 heterocycles. The van der Waals surface area contributed by atoms with E-state index >= 15 is 0 Å². The Labute approximate surface area is 130 Å². The first-order valence-electron chi connectivity index (χ1n) is 3.54. The van der Waals surface area contributed by atoms with Crippen molar-refractivity contribution < 1.29 is 68.7 Å². The molecule has 0 N–H and O–H groups in total. The maximum absolute atomic E-state index is 12.9. The van der Waals surface area contributed by atoms with Gasteiger partial charge in [0.15, 0.2) is 0 Å². The van der Waals surface area contributed by atoms with Crippen molar-refractivity contribution in [1.29, 1.82) is 0 Å². The SMILES string of the molecule is Fc1cccc(Br)c1C[B-](F)(F)F.[K+]. The van der Waals surface area contributed by atoms with Gasteiger partial charge in [-0.25, -0.2) is 4.39 Å². The Morgan fingerprint density at radius 1 is 1.21 bits per heavy atom. The molecule has 7 heteroatoms. The van der Waals surface area contributed by atoms with E-state index in [1.165, 1.54) is 12.1 Å². The molecule has 0 bridgehead atoms. The van der Waals surface area contributed by atoms with Gasteiger partial charge >= 0.3 is 58.4 Å². The predicted molar refractivity (Wildman–Crippen MR) is 46.9 cm³/mol. The molecule has 0 aliphatic rings. The third-order valence-electron chi connectivity index (χ3n) is 1.50. The fourth-order valence-electron chi connectivity index (χ4n) is 0.959. The summed E-state index contributed by atoms with van der Waals surface area (Å²) in [4.78, 5) is 0. The third kappa shape index (κ3) is 4.76. The molecule has 0 saturated heterocycles. The van der Waals surface area contributed by atoms with Crippen LogP contribution >= 0.6 is 15.9 Å². The zero-order valence-corrected chi connectivity index (χ0v) is 12.1. The van der Waals surface area contributed by atoms with Gasteiger partial charge in [0.05, 0.1) is 0 Å². The average Bonchev–Trinajstić information content (AvgIpc) is 1.95. The van der Waals surface area contributed by atoms with Crippen LogP contribution < -0.4 is 51.4 Å². The van der Waals surface area contributed by atoms with Crippen LogP contribution in [0, 0.1) is 5.82 Å². The predicted octanol–water partition coefficient (Wildman–Crippen LogP) is 0.521. The van der Waals surface area contributed by atoms with Crippen LogP contribution in [-0.4, -0.2) is 6.98 Å². The van der Waals surface area contributed by atoms with Crippen LogP contribution in [0.15, 0.2) is 22.7 Å². The van der Waals surface area contributed by atoms with E-state index in [0.717, 1.165) is 6.07 Å². The Morgan fingerprint density at radius 2 is 1.79 bits per heavy atom. The molecule has 0 fully saturated rings.